The second-order valence-electron chi connectivity index (χ2n) is 6.77. The van der Waals surface area contributed by atoms with Gasteiger partial charge in [0.05, 0.1) is 11.4 Å². The van der Waals surface area contributed by atoms with Crippen LogP contribution in [0.15, 0.2) is 36.5 Å². The van der Waals surface area contributed by atoms with Crippen molar-refractivity contribution in [2.45, 2.75) is 27.2 Å². The zero-order chi connectivity index (χ0) is 19.3. The molecule has 3 N–H and O–H groups in total. The van der Waals surface area contributed by atoms with Crippen LogP contribution in [-0.2, 0) is 9.59 Å². The number of carbonyl (C=O) groups excluding carboxylic acids is 2. The topological polar surface area (TPSA) is 113 Å². The fourth-order valence-electron chi connectivity index (χ4n) is 2.12. The van der Waals surface area contributed by atoms with E-state index in [0.717, 1.165) is 0 Å². The van der Waals surface area contributed by atoms with Gasteiger partial charge in [0.15, 0.2) is 5.69 Å². The first kappa shape index (κ1) is 19.2. The van der Waals surface area contributed by atoms with Gasteiger partial charge in [0.2, 0.25) is 11.8 Å². The van der Waals surface area contributed by atoms with Gasteiger partial charge in [-0.25, -0.2) is 9.48 Å². The maximum Gasteiger partial charge on any atom is 0.356 e. The number of hydrogen-bond donors (Lipinski definition) is 3. The molecule has 1 heterocycles. The fraction of sp³-hybridized carbons (Fsp3) is 0.333. The lowest BCUT2D eigenvalue weighted by Crippen LogP contribution is -2.36. The molecule has 0 saturated heterocycles. The number of rotatable bonds is 6. The summed E-state index contributed by atoms with van der Waals surface area (Å²) in [4.78, 5) is 34.9. The number of carboxylic acids is 1. The SMILES string of the molecule is CC(C)(C)C(=O)NCCC(=O)Nc1ccccc1-n1ccc(C(=O)O)n1. The number of benzene rings is 1. The van der Waals surface area contributed by atoms with Crippen LogP contribution in [0.1, 0.15) is 37.7 Å². The molecule has 0 radical (unpaired) electrons. The lowest BCUT2D eigenvalue weighted by Gasteiger charge is -2.17. The normalized spacial score (nSPS) is 11.0. The van der Waals surface area contributed by atoms with Crippen LogP contribution in [0.2, 0.25) is 0 Å². The molecule has 0 aliphatic heterocycles. The summed E-state index contributed by atoms with van der Waals surface area (Å²) in [5, 5.41) is 18.4. The van der Waals surface area contributed by atoms with Gasteiger partial charge in [0.25, 0.3) is 0 Å². The molecule has 1 aromatic carbocycles. The Labute approximate surface area is 151 Å². The quantitative estimate of drug-likeness (QED) is 0.731. The molecular weight excluding hydrogens is 336 g/mol. The summed E-state index contributed by atoms with van der Waals surface area (Å²) in [6.45, 7) is 5.63. The molecule has 0 aliphatic rings. The molecule has 0 aliphatic carbocycles. The highest BCUT2D eigenvalue weighted by Gasteiger charge is 2.20. The molecule has 2 rings (SSSR count). The number of amides is 2. The summed E-state index contributed by atoms with van der Waals surface area (Å²) in [6, 6.07) is 8.31. The molecular formula is C18H22N4O4. The second-order valence-corrected chi connectivity index (χ2v) is 6.77. The number of para-hydroxylation sites is 2. The van der Waals surface area contributed by atoms with Crippen LogP contribution < -0.4 is 10.6 Å². The average molecular weight is 358 g/mol. The molecule has 1 aromatic heterocycles. The molecule has 2 aromatic rings. The lowest BCUT2D eigenvalue weighted by atomic mass is 9.96. The van der Waals surface area contributed by atoms with E-state index >= 15 is 0 Å². The van der Waals surface area contributed by atoms with E-state index in [0.29, 0.717) is 11.4 Å². The molecule has 0 unspecified atom stereocenters. The fourth-order valence-corrected chi connectivity index (χ4v) is 2.12. The van der Waals surface area contributed by atoms with E-state index in [1.54, 1.807) is 45.0 Å². The van der Waals surface area contributed by atoms with Crippen molar-refractivity contribution in [3.8, 4) is 5.69 Å². The van der Waals surface area contributed by atoms with Crippen molar-refractivity contribution in [2.75, 3.05) is 11.9 Å². The van der Waals surface area contributed by atoms with Crippen LogP contribution in [0.25, 0.3) is 5.69 Å². The van der Waals surface area contributed by atoms with Gasteiger partial charge in [-0.1, -0.05) is 32.9 Å². The van der Waals surface area contributed by atoms with Gasteiger partial charge in [-0.3, -0.25) is 9.59 Å². The smallest absolute Gasteiger partial charge is 0.356 e. The monoisotopic (exact) mass is 358 g/mol. The van der Waals surface area contributed by atoms with Crippen molar-refractivity contribution in [3.63, 3.8) is 0 Å². The Morgan fingerprint density at radius 2 is 1.85 bits per heavy atom. The maximum absolute atomic E-state index is 12.2. The zero-order valence-corrected chi connectivity index (χ0v) is 14.9. The Bertz CT molecular complexity index is 821. The van der Waals surface area contributed by atoms with Crippen LogP contribution in [-0.4, -0.2) is 39.2 Å². The Morgan fingerprint density at radius 3 is 2.46 bits per heavy atom. The first-order valence-corrected chi connectivity index (χ1v) is 8.15. The molecule has 0 saturated carbocycles. The van der Waals surface area contributed by atoms with Crippen molar-refractivity contribution in [1.82, 2.24) is 15.1 Å². The number of carbonyl (C=O) groups is 3. The van der Waals surface area contributed by atoms with Crippen molar-refractivity contribution in [2.24, 2.45) is 5.41 Å². The Kier molecular flexibility index (Phi) is 5.76. The third-order valence-electron chi connectivity index (χ3n) is 3.55. The summed E-state index contributed by atoms with van der Waals surface area (Å²) in [7, 11) is 0. The number of nitrogens with zero attached hydrogens (tertiary/aromatic N) is 2. The standard InChI is InChI=1S/C18H22N4O4/c1-18(2,3)17(26)19-10-8-15(23)20-12-6-4-5-7-14(12)22-11-9-13(21-22)16(24)25/h4-7,9,11H,8,10H2,1-3H3,(H,19,26)(H,20,23)(H,24,25). The largest absolute Gasteiger partial charge is 0.476 e. The number of anilines is 1. The van der Waals surface area contributed by atoms with E-state index in [2.05, 4.69) is 15.7 Å². The first-order valence-electron chi connectivity index (χ1n) is 8.15. The van der Waals surface area contributed by atoms with E-state index in [4.69, 9.17) is 5.11 Å². The lowest BCUT2D eigenvalue weighted by molar-refractivity contribution is -0.128. The highest BCUT2D eigenvalue weighted by molar-refractivity contribution is 5.93. The molecule has 0 atom stereocenters. The van der Waals surface area contributed by atoms with Crippen molar-refractivity contribution < 1.29 is 19.5 Å². The van der Waals surface area contributed by atoms with Gasteiger partial charge < -0.3 is 15.7 Å². The number of nitrogens with one attached hydrogen (secondary N) is 2. The van der Waals surface area contributed by atoms with Crippen LogP contribution in [0.4, 0.5) is 5.69 Å². The summed E-state index contributed by atoms with van der Waals surface area (Å²) < 4.78 is 1.39. The molecule has 138 valence electrons. The van der Waals surface area contributed by atoms with Crippen LogP contribution >= 0.6 is 0 Å². The Morgan fingerprint density at radius 1 is 1.15 bits per heavy atom. The van der Waals surface area contributed by atoms with E-state index in [1.807, 2.05) is 0 Å². The summed E-state index contributed by atoms with van der Waals surface area (Å²) in [6.07, 6.45) is 1.63. The minimum absolute atomic E-state index is 0.0870. The summed E-state index contributed by atoms with van der Waals surface area (Å²) in [5.41, 5.74) is 0.452. The predicted octanol–water partition coefficient (Wildman–Crippen LogP) is 2.06. The number of aromatic carboxylic acids is 1. The van der Waals surface area contributed by atoms with Crippen molar-refractivity contribution in [3.05, 3.63) is 42.2 Å². The number of aromatic nitrogens is 2. The average Bonchev–Trinajstić information content (AvgIpc) is 3.04. The predicted molar refractivity (Wildman–Crippen MR) is 96.2 cm³/mol. The van der Waals surface area contributed by atoms with Gasteiger partial charge in [-0.2, -0.15) is 5.10 Å². The van der Waals surface area contributed by atoms with Crippen molar-refractivity contribution in [1.29, 1.82) is 0 Å². The van der Waals surface area contributed by atoms with Gasteiger partial charge in [-0.15, -0.1) is 0 Å². The van der Waals surface area contributed by atoms with E-state index < -0.39 is 11.4 Å². The van der Waals surface area contributed by atoms with Crippen molar-refractivity contribution >= 4 is 23.5 Å². The summed E-state index contributed by atoms with van der Waals surface area (Å²) in [5.74, 6) is -1.51. The summed E-state index contributed by atoms with van der Waals surface area (Å²) >= 11 is 0. The van der Waals surface area contributed by atoms with E-state index in [-0.39, 0.29) is 30.5 Å². The number of hydrogen-bond acceptors (Lipinski definition) is 4. The minimum Gasteiger partial charge on any atom is -0.476 e. The third-order valence-corrected chi connectivity index (χ3v) is 3.55. The van der Waals surface area contributed by atoms with E-state index in [1.165, 1.54) is 16.9 Å². The first-order chi connectivity index (χ1) is 12.2. The Balaban J connectivity index is 2.02. The zero-order valence-electron chi connectivity index (χ0n) is 14.9. The highest BCUT2D eigenvalue weighted by atomic mass is 16.4. The molecule has 2 amide bonds. The Hall–Kier alpha value is -3.16. The maximum atomic E-state index is 12.2. The van der Waals surface area contributed by atoms with Gasteiger partial charge in [0, 0.05) is 24.6 Å². The van der Waals surface area contributed by atoms with E-state index in [9.17, 15) is 14.4 Å². The third kappa shape index (κ3) is 4.92. The molecule has 0 fully saturated rings. The van der Waals surface area contributed by atoms with Crippen LogP contribution in [0.3, 0.4) is 0 Å². The number of carboxylic acid groups (broad SMARTS) is 1. The second kappa shape index (κ2) is 7.81. The highest BCUT2D eigenvalue weighted by Crippen LogP contribution is 2.20. The van der Waals surface area contributed by atoms with Gasteiger partial charge in [-0.05, 0) is 18.2 Å². The van der Waals surface area contributed by atoms with Crippen LogP contribution in [0, 0.1) is 5.41 Å². The molecule has 26 heavy (non-hydrogen) atoms. The molecule has 0 bridgehead atoms. The van der Waals surface area contributed by atoms with Gasteiger partial charge >= 0.3 is 5.97 Å². The molecule has 8 heteroatoms. The minimum atomic E-state index is -1.13. The van der Waals surface area contributed by atoms with Gasteiger partial charge in [0.1, 0.15) is 0 Å². The molecule has 0 spiro atoms. The van der Waals surface area contributed by atoms with Crippen LogP contribution in [0.5, 0.6) is 0 Å². The molecule has 8 nitrogen and oxygen atoms in total.